The quantitative estimate of drug-likeness (QED) is 0.391. The molecule has 2 aliphatic rings. The zero-order valence-electron chi connectivity index (χ0n) is 23.8. The summed E-state index contributed by atoms with van der Waals surface area (Å²) in [4.78, 5) is 32.2. The van der Waals surface area contributed by atoms with E-state index in [4.69, 9.17) is 10.2 Å². The summed E-state index contributed by atoms with van der Waals surface area (Å²) in [6.07, 6.45) is 4.21. The third-order valence-corrected chi connectivity index (χ3v) is 8.79. The van der Waals surface area contributed by atoms with Crippen LogP contribution >= 0.6 is 0 Å². The summed E-state index contributed by atoms with van der Waals surface area (Å²) in [5.41, 5.74) is 4.19. The second-order valence-electron chi connectivity index (χ2n) is 12.5. The van der Waals surface area contributed by atoms with Crippen molar-refractivity contribution in [3.05, 3.63) is 71.8 Å². The van der Waals surface area contributed by atoms with Crippen molar-refractivity contribution in [2.75, 3.05) is 18.4 Å². The summed E-state index contributed by atoms with van der Waals surface area (Å²) in [6.45, 7) is 14.7. The molecule has 8 heteroatoms. The largest absolute Gasteiger partial charge is 0.339 e. The fourth-order valence-electron chi connectivity index (χ4n) is 5.87. The van der Waals surface area contributed by atoms with Gasteiger partial charge in [-0.3, -0.25) is 14.9 Å². The molecule has 0 radical (unpaired) electrons. The Labute approximate surface area is 236 Å². The fourth-order valence-corrected chi connectivity index (χ4v) is 5.87. The molecule has 0 bridgehead atoms. The summed E-state index contributed by atoms with van der Waals surface area (Å²) in [5.74, 6) is 0.250. The highest BCUT2D eigenvalue weighted by atomic mass is 16.2. The van der Waals surface area contributed by atoms with Gasteiger partial charge in [0.05, 0.1) is 22.7 Å². The molecular weight excluding hydrogens is 500 g/mol. The minimum atomic E-state index is -0.264. The molecule has 2 fully saturated rings. The lowest BCUT2D eigenvalue weighted by molar-refractivity contribution is -0.125. The molecule has 5 rings (SSSR count). The van der Waals surface area contributed by atoms with E-state index in [1.165, 1.54) is 6.08 Å². The van der Waals surface area contributed by atoms with E-state index in [-0.39, 0.29) is 28.7 Å². The first kappa shape index (κ1) is 27.6. The molecule has 1 aliphatic heterocycles. The summed E-state index contributed by atoms with van der Waals surface area (Å²) in [6, 6.07) is 15.5. The monoisotopic (exact) mass is 538 g/mol. The average Bonchev–Trinajstić information content (AvgIpc) is 3.51. The molecule has 2 heterocycles. The van der Waals surface area contributed by atoms with Crippen molar-refractivity contribution in [2.45, 2.75) is 65.6 Å². The zero-order valence-corrected chi connectivity index (χ0v) is 23.8. The Morgan fingerprint density at radius 3 is 2.60 bits per heavy atom. The Hall–Kier alpha value is -3.96. The van der Waals surface area contributed by atoms with Crippen LogP contribution in [0, 0.1) is 22.2 Å². The topological polar surface area (TPSA) is 103 Å². The van der Waals surface area contributed by atoms with E-state index >= 15 is 0 Å². The molecule has 40 heavy (non-hydrogen) atoms. The molecule has 1 aliphatic carbocycles. The van der Waals surface area contributed by atoms with Crippen LogP contribution in [0.25, 0.3) is 11.0 Å². The maximum absolute atomic E-state index is 13.2. The summed E-state index contributed by atoms with van der Waals surface area (Å²) < 4.78 is 2.16. The van der Waals surface area contributed by atoms with E-state index in [0.29, 0.717) is 23.1 Å². The second-order valence-corrected chi connectivity index (χ2v) is 12.5. The van der Waals surface area contributed by atoms with Gasteiger partial charge in [0.2, 0.25) is 11.9 Å². The molecule has 1 aromatic heterocycles. The lowest BCUT2D eigenvalue weighted by atomic mass is 9.64. The number of nitriles is 1. The van der Waals surface area contributed by atoms with E-state index in [0.717, 1.165) is 55.5 Å². The van der Waals surface area contributed by atoms with E-state index in [9.17, 15) is 9.59 Å². The van der Waals surface area contributed by atoms with Crippen molar-refractivity contribution in [1.82, 2.24) is 19.8 Å². The number of rotatable bonds is 7. The Bertz CT molecular complexity index is 1480. The van der Waals surface area contributed by atoms with Gasteiger partial charge < -0.3 is 14.8 Å². The normalized spacial score (nSPS) is 21.2. The number of amides is 2. The fraction of sp³-hybridized carbons (Fsp3) is 0.438. The SMILES string of the molecule is C=CC(=O)N1CC[C@]2(C1)C[C@H](n1c(NC(=O)c3ccc(C#N)cc3)nc3cc(CN[C@@H](C)C(C)(C)C)ccc31)C2. The van der Waals surface area contributed by atoms with E-state index in [1.54, 1.807) is 24.3 Å². The number of anilines is 1. The maximum atomic E-state index is 13.2. The highest BCUT2D eigenvalue weighted by Crippen LogP contribution is 2.55. The van der Waals surface area contributed by atoms with Crippen LogP contribution < -0.4 is 10.6 Å². The number of benzene rings is 2. The van der Waals surface area contributed by atoms with Gasteiger partial charge in [-0.05, 0) is 85.1 Å². The number of hydrogen-bond donors (Lipinski definition) is 2. The number of aromatic nitrogens is 2. The number of nitrogens with one attached hydrogen (secondary N) is 2. The lowest BCUT2D eigenvalue weighted by Gasteiger charge is -2.46. The highest BCUT2D eigenvalue weighted by Gasteiger charge is 2.50. The van der Waals surface area contributed by atoms with E-state index in [2.05, 4.69) is 73.7 Å². The Morgan fingerprint density at radius 1 is 1.23 bits per heavy atom. The molecule has 1 saturated carbocycles. The molecule has 0 unspecified atom stereocenters. The zero-order chi connectivity index (χ0) is 28.7. The molecule has 1 saturated heterocycles. The Morgan fingerprint density at radius 2 is 1.95 bits per heavy atom. The van der Waals surface area contributed by atoms with Crippen LogP contribution in [-0.4, -0.2) is 45.4 Å². The van der Waals surface area contributed by atoms with Gasteiger partial charge in [0, 0.05) is 37.3 Å². The van der Waals surface area contributed by atoms with Crippen LogP contribution in [0.2, 0.25) is 0 Å². The van der Waals surface area contributed by atoms with Crippen molar-refractivity contribution in [3.8, 4) is 6.07 Å². The van der Waals surface area contributed by atoms with Crippen molar-refractivity contribution in [2.24, 2.45) is 10.8 Å². The predicted octanol–water partition coefficient (Wildman–Crippen LogP) is 5.42. The van der Waals surface area contributed by atoms with Crippen LogP contribution in [0.5, 0.6) is 0 Å². The van der Waals surface area contributed by atoms with Gasteiger partial charge >= 0.3 is 0 Å². The third-order valence-electron chi connectivity index (χ3n) is 8.79. The molecule has 2 N–H and O–H groups in total. The molecule has 1 spiro atoms. The molecule has 208 valence electrons. The van der Waals surface area contributed by atoms with Gasteiger partial charge in [-0.25, -0.2) is 4.98 Å². The molecule has 8 nitrogen and oxygen atoms in total. The highest BCUT2D eigenvalue weighted by molar-refractivity contribution is 6.04. The number of hydrogen-bond acceptors (Lipinski definition) is 5. The van der Waals surface area contributed by atoms with Gasteiger partial charge in [-0.2, -0.15) is 5.26 Å². The number of carbonyl (C=O) groups excluding carboxylic acids is 2. The minimum Gasteiger partial charge on any atom is -0.339 e. The van der Waals surface area contributed by atoms with Crippen LogP contribution in [0.4, 0.5) is 5.95 Å². The van der Waals surface area contributed by atoms with Crippen LogP contribution in [0.1, 0.15) is 74.5 Å². The van der Waals surface area contributed by atoms with Crippen molar-refractivity contribution >= 4 is 28.8 Å². The van der Waals surface area contributed by atoms with Crippen LogP contribution in [-0.2, 0) is 11.3 Å². The summed E-state index contributed by atoms with van der Waals surface area (Å²) in [5, 5.41) is 15.8. The number of fused-ring (bicyclic) bond motifs is 1. The molecule has 1 atom stereocenters. The lowest BCUT2D eigenvalue weighted by Crippen LogP contribution is -2.42. The second kappa shape index (κ2) is 10.5. The number of imidazole rings is 1. The van der Waals surface area contributed by atoms with Gasteiger partial charge in [-0.15, -0.1) is 0 Å². The van der Waals surface area contributed by atoms with Gasteiger partial charge in [0.15, 0.2) is 0 Å². The van der Waals surface area contributed by atoms with Crippen molar-refractivity contribution in [3.63, 3.8) is 0 Å². The molecule has 2 aromatic carbocycles. The first-order valence-corrected chi connectivity index (χ1v) is 14.0. The summed E-state index contributed by atoms with van der Waals surface area (Å²) >= 11 is 0. The van der Waals surface area contributed by atoms with Gasteiger partial charge in [-0.1, -0.05) is 33.4 Å². The number of likely N-dealkylation sites (tertiary alicyclic amines) is 1. The maximum Gasteiger partial charge on any atom is 0.257 e. The number of nitrogens with zero attached hydrogens (tertiary/aromatic N) is 4. The minimum absolute atomic E-state index is 0.00862. The average molecular weight is 539 g/mol. The number of carbonyl (C=O) groups is 2. The van der Waals surface area contributed by atoms with E-state index < -0.39 is 0 Å². The first-order valence-electron chi connectivity index (χ1n) is 14.0. The van der Waals surface area contributed by atoms with E-state index in [1.807, 2.05) is 4.90 Å². The Kier molecular flexibility index (Phi) is 7.28. The van der Waals surface area contributed by atoms with Crippen LogP contribution in [0.3, 0.4) is 0 Å². The summed E-state index contributed by atoms with van der Waals surface area (Å²) in [7, 11) is 0. The van der Waals surface area contributed by atoms with Gasteiger partial charge in [0.25, 0.3) is 5.91 Å². The predicted molar refractivity (Wildman–Crippen MR) is 157 cm³/mol. The van der Waals surface area contributed by atoms with Gasteiger partial charge in [0.1, 0.15) is 0 Å². The standard InChI is InChI=1S/C32H38N6O2/c1-6-28(39)37-14-13-32(20-37)16-25(17-32)38-27-12-9-23(19-34-21(2)31(3,4)5)15-26(27)35-30(38)36-29(40)24-10-7-22(18-33)8-11-24/h6-12,15,21,25,34H,1,13-14,16-17,19-20H2,2-5H3,(H,35,36,40)/t21-,25-,32-/m0/s1. The first-order chi connectivity index (χ1) is 19.0. The van der Waals surface area contributed by atoms with Crippen molar-refractivity contribution < 1.29 is 9.59 Å². The molecular formula is C32H38N6O2. The Balaban J connectivity index is 1.41. The van der Waals surface area contributed by atoms with Crippen molar-refractivity contribution in [1.29, 1.82) is 5.26 Å². The smallest absolute Gasteiger partial charge is 0.257 e. The molecule has 3 aromatic rings. The molecule has 2 amide bonds. The third kappa shape index (κ3) is 5.39. The van der Waals surface area contributed by atoms with Crippen LogP contribution in [0.15, 0.2) is 55.1 Å².